The molecule has 100 valence electrons. The van der Waals surface area contributed by atoms with E-state index in [9.17, 15) is 0 Å². The van der Waals surface area contributed by atoms with E-state index in [1.165, 1.54) is 5.56 Å². The predicted molar refractivity (Wildman–Crippen MR) is 76.3 cm³/mol. The van der Waals surface area contributed by atoms with Gasteiger partial charge in [-0.1, -0.05) is 12.1 Å². The molecule has 0 bridgehead atoms. The zero-order valence-electron chi connectivity index (χ0n) is 11.3. The Bertz CT molecular complexity index is 503. The molecule has 2 aromatic rings. The molecule has 0 aliphatic carbocycles. The van der Waals surface area contributed by atoms with E-state index in [0.29, 0.717) is 6.04 Å². The molecule has 0 radical (unpaired) electrons. The first kappa shape index (κ1) is 12.4. The van der Waals surface area contributed by atoms with Crippen molar-refractivity contribution in [1.29, 1.82) is 0 Å². The molecule has 2 heterocycles. The van der Waals surface area contributed by atoms with Gasteiger partial charge in [-0.2, -0.15) is 5.10 Å². The van der Waals surface area contributed by atoms with Crippen molar-refractivity contribution in [3.05, 3.63) is 48.3 Å². The average Bonchev–Trinajstić information content (AvgIpc) is 2.94. The summed E-state index contributed by atoms with van der Waals surface area (Å²) in [6.45, 7) is 6.62. The lowest BCUT2D eigenvalue weighted by atomic mass is 10.1. The third-order valence-electron chi connectivity index (χ3n) is 3.56. The first-order valence-electron chi connectivity index (χ1n) is 6.86. The highest BCUT2D eigenvalue weighted by Gasteiger charge is 2.15. The van der Waals surface area contributed by atoms with Gasteiger partial charge in [0.25, 0.3) is 0 Å². The smallest absolute Gasteiger partial charge is 0.0645 e. The van der Waals surface area contributed by atoms with Gasteiger partial charge in [0.15, 0.2) is 0 Å². The minimum Gasteiger partial charge on any atom is -0.312 e. The summed E-state index contributed by atoms with van der Waals surface area (Å²) in [6, 6.07) is 11.2. The van der Waals surface area contributed by atoms with Gasteiger partial charge >= 0.3 is 0 Å². The van der Waals surface area contributed by atoms with Crippen LogP contribution in [0.2, 0.25) is 0 Å². The molecule has 4 nitrogen and oxygen atoms in total. The van der Waals surface area contributed by atoms with Crippen LogP contribution in [0.5, 0.6) is 0 Å². The zero-order valence-corrected chi connectivity index (χ0v) is 11.3. The second-order valence-electron chi connectivity index (χ2n) is 5.21. The third kappa shape index (κ3) is 3.03. The molecule has 3 rings (SSSR count). The Morgan fingerprint density at radius 1 is 1.32 bits per heavy atom. The number of nitrogens with zero attached hydrogens (tertiary/aromatic N) is 3. The number of rotatable bonds is 3. The van der Waals surface area contributed by atoms with E-state index in [0.717, 1.165) is 31.9 Å². The molecule has 1 fully saturated rings. The highest BCUT2D eigenvalue weighted by Crippen LogP contribution is 2.11. The fourth-order valence-electron chi connectivity index (χ4n) is 2.59. The zero-order chi connectivity index (χ0) is 13.1. The van der Waals surface area contributed by atoms with Crippen LogP contribution < -0.4 is 5.32 Å². The second kappa shape index (κ2) is 5.55. The van der Waals surface area contributed by atoms with Crippen molar-refractivity contribution in [3.8, 4) is 5.69 Å². The van der Waals surface area contributed by atoms with Gasteiger partial charge in [-0.25, -0.2) is 4.68 Å². The van der Waals surface area contributed by atoms with Crippen LogP contribution in [0.3, 0.4) is 0 Å². The molecule has 1 aromatic heterocycles. The molecule has 1 saturated heterocycles. The molecule has 4 heteroatoms. The summed E-state index contributed by atoms with van der Waals surface area (Å²) in [7, 11) is 0. The summed E-state index contributed by atoms with van der Waals surface area (Å²) in [6.07, 6.45) is 3.77. The van der Waals surface area contributed by atoms with E-state index in [4.69, 9.17) is 0 Å². The van der Waals surface area contributed by atoms with Crippen LogP contribution in [0, 0.1) is 0 Å². The van der Waals surface area contributed by atoms with Crippen molar-refractivity contribution in [1.82, 2.24) is 20.0 Å². The van der Waals surface area contributed by atoms with Crippen LogP contribution >= 0.6 is 0 Å². The topological polar surface area (TPSA) is 33.1 Å². The van der Waals surface area contributed by atoms with Crippen LogP contribution in [0.25, 0.3) is 5.69 Å². The van der Waals surface area contributed by atoms with E-state index in [1.54, 1.807) is 6.20 Å². The number of hydrogen-bond acceptors (Lipinski definition) is 3. The van der Waals surface area contributed by atoms with Crippen molar-refractivity contribution >= 4 is 0 Å². The molecular formula is C15H20N4. The van der Waals surface area contributed by atoms with Crippen LogP contribution in [-0.2, 0) is 6.54 Å². The van der Waals surface area contributed by atoms with Gasteiger partial charge < -0.3 is 5.32 Å². The Morgan fingerprint density at radius 2 is 2.16 bits per heavy atom. The van der Waals surface area contributed by atoms with Gasteiger partial charge in [0.1, 0.15) is 0 Å². The number of piperazine rings is 1. The van der Waals surface area contributed by atoms with E-state index in [2.05, 4.69) is 46.5 Å². The SMILES string of the molecule is CC1CN(Cc2ccc(-n3cccn3)cc2)CCN1. The summed E-state index contributed by atoms with van der Waals surface area (Å²) in [5.41, 5.74) is 2.48. The predicted octanol–water partition coefficient (Wildman–Crippen LogP) is 1.67. The molecule has 1 aliphatic heterocycles. The van der Waals surface area contributed by atoms with Gasteiger partial charge in [-0.05, 0) is 30.7 Å². The minimum absolute atomic E-state index is 0.595. The molecule has 0 spiro atoms. The molecule has 0 saturated carbocycles. The molecule has 1 atom stereocenters. The van der Waals surface area contributed by atoms with Crippen LogP contribution in [0.4, 0.5) is 0 Å². The lowest BCUT2D eigenvalue weighted by Crippen LogP contribution is -2.48. The molecule has 1 N–H and O–H groups in total. The molecule has 1 aromatic carbocycles. The molecule has 0 amide bonds. The van der Waals surface area contributed by atoms with Crippen molar-refractivity contribution in [2.45, 2.75) is 19.5 Å². The Kier molecular flexibility index (Phi) is 3.62. The van der Waals surface area contributed by atoms with Crippen molar-refractivity contribution < 1.29 is 0 Å². The van der Waals surface area contributed by atoms with Crippen molar-refractivity contribution in [2.75, 3.05) is 19.6 Å². The van der Waals surface area contributed by atoms with Crippen LogP contribution in [0.1, 0.15) is 12.5 Å². The Morgan fingerprint density at radius 3 is 2.84 bits per heavy atom. The second-order valence-corrected chi connectivity index (χ2v) is 5.21. The van der Waals surface area contributed by atoms with E-state index in [-0.39, 0.29) is 0 Å². The fourth-order valence-corrected chi connectivity index (χ4v) is 2.59. The first-order chi connectivity index (χ1) is 9.31. The van der Waals surface area contributed by atoms with E-state index >= 15 is 0 Å². The van der Waals surface area contributed by atoms with E-state index in [1.807, 2.05) is 16.9 Å². The molecular weight excluding hydrogens is 236 g/mol. The van der Waals surface area contributed by atoms with Crippen molar-refractivity contribution in [2.24, 2.45) is 0 Å². The normalized spacial score (nSPS) is 20.6. The maximum Gasteiger partial charge on any atom is 0.0645 e. The summed E-state index contributed by atoms with van der Waals surface area (Å²) >= 11 is 0. The molecule has 1 aliphatic rings. The van der Waals surface area contributed by atoms with Crippen molar-refractivity contribution in [3.63, 3.8) is 0 Å². The number of nitrogens with one attached hydrogen (secondary N) is 1. The highest BCUT2D eigenvalue weighted by atomic mass is 15.3. The van der Waals surface area contributed by atoms with E-state index < -0.39 is 0 Å². The standard InChI is InChI=1S/C15H20N4/c1-13-11-18(10-8-16-13)12-14-3-5-15(6-4-14)19-9-2-7-17-19/h2-7,9,13,16H,8,10-12H2,1H3. The highest BCUT2D eigenvalue weighted by molar-refractivity contribution is 5.33. The fraction of sp³-hybridized carbons (Fsp3) is 0.400. The lowest BCUT2D eigenvalue weighted by Gasteiger charge is -2.31. The Balaban J connectivity index is 1.66. The first-order valence-corrected chi connectivity index (χ1v) is 6.86. The summed E-state index contributed by atoms with van der Waals surface area (Å²) in [5.74, 6) is 0. The number of hydrogen-bond donors (Lipinski definition) is 1. The Labute approximate surface area is 114 Å². The largest absolute Gasteiger partial charge is 0.312 e. The summed E-state index contributed by atoms with van der Waals surface area (Å²) in [4.78, 5) is 2.50. The molecule has 1 unspecified atom stereocenters. The summed E-state index contributed by atoms with van der Waals surface area (Å²) in [5, 5.41) is 7.71. The summed E-state index contributed by atoms with van der Waals surface area (Å²) < 4.78 is 1.89. The number of benzene rings is 1. The van der Waals surface area contributed by atoms with Gasteiger partial charge in [0, 0.05) is 44.6 Å². The van der Waals surface area contributed by atoms with Gasteiger partial charge in [0.05, 0.1) is 5.69 Å². The number of aromatic nitrogens is 2. The van der Waals surface area contributed by atoms with Crippen LogP contribution in [0.15, 0.2) is 42.7 Å². The van der Waals surface area contributed by atoms with Gasteiger partial charge in [-0.15, -0.1) is 0 Å². The van der Waals surface area contributed by atoms with Gasteiger partial charge in [0.2, 0.25) is 0 Å². The quantitative estimate of drug-likeness (QED) is 0.907. The molecule has 19 heavy (non-hydrogen) atoms. The average molecular weight is 256 g/mol. The lowest BCUT2D eigenvalue weighted by molar-refractivity contribution is 0.199. The van der Waals surface area contributed by atoms with Gasteiger partial charge in [-0.3, -0.25) is 4.90 Å². The monoisotopic (exact) mass is 256 g/mol. The third-order valence-corrected chi connectivity index (χ3v) is 3.56. The maximum absolute atomic E-state index is 4.24. The Hall–Kier alpha value is -1.65. The van der Waals surface area contributed by atoms with Crippen LogP contribution in [-0.4, -0.2) is 40.4 Å². The minimum atomic E-state index is 0.595. The maximum atomic E-state index is 4.24.